The van der Waals surface area contributed by atoms with Gasteiger partial charge in [0.25, 0.3) is 0 Å². The third-order valence-corrected chi connectivity index (χ3v) is 4.63. The number of nitrogens with one attached hydrogen (secondary N) is 1. The van der Waals surface area contributed by atoms with Crippen LogP contribution in [0.4, 0.5) is 0 Å². The van der Waals surface area contributed by atoms with E-state index < -0.39 is 0 Å². The van der Waals surface area contributed by atoms with E-state index in [-0.39, 0.29) is 0 Å². The molecule has 1 aliphatic carbocycles. The Balaban J connectivity index is 1.82. The Morgan fingerprint density at radius 1 is 1.16 bits per heavy atom. The molecule has 1 fully saturated rings. The summed E-state index contributed by atoms with van der Waals surface area (Å²) in [7, 11) is 0. The van der Waals surface area contributed by atoms with E-state index in [0.29, 0.717) is 28.5 Å². The number of hydrogen-bond donors (Lipinski definition) is 2. The van der Waals surface area contributed by atoms with Crippen molar-refractivity contribution in [2.24, 2.45) is 11.8 Å². The molecule has 2 atom stereocenters. The number of aliphatic hydroxyl groups is 1. The zero-order chi connectivity index (χ0) is 13.7. The maximum absolute atomic E-state index is 9.39. The van der Waals surface area contributed by atoms with Gasteiger partial charge in [0.2, 0.25) is 0 Å². The van der Waals surface area contributed by atoms with Gasteiger partial charge < -0.3 is 10.4 Å². The van der Waals surface area contributed by atoms with Crippen LogP contribution in [0.5, 0.6) is 0 Å². The highest BCUT2D eigenvalue weighted by Gasteiger charge is 2.23. The van der Waals surface area contributed by atoms with Crippen molar-refractivity contribution >= 4 is 23.2 Å². The third-order valence-electron chi connectivity index (χ3n) is 4.04. The Labute approximate surface area is 125 Å². The minimum atomic E-state index is 0.314. The molecule has 1 aromatic rings. The molecule has 2 unspecified atom stereocenters. The van der Waals surface area contributed by atoms with E-state index in [9.17, 15) is 5.11 Å². The van der Waals surface area contributed by atoms with Crippen molar-refractivity contribution in [3.8, 4) is 0 Å². The molecule has 2 N–H and O–H groups in total. The average molecular weight is 302 g/mol. The van der Waals surface area contributed by atoms with Gasteiger partial charge in [0, 0.05) is 23.2 Å². The van der Waals surface area contributed by atoms with Crippen LogP contribution in [-0.2, 0) is 6.54 Å². The van der Waals surface area contributed by atoms with Crippen LogP contribution >= 0.6 is 23.2 Å². The number of hydrogen-bond acceptors (Lipinski definition) is 2. The lowest BCUT2D eigenvalue weighted by Crippen LogP contribution is -2.32. The minimum absolute atomic E-state index is 0.314. The van der Waals surface area contributed by atoms with Crippen molar-refractivity contribution in [3.05, 3.63) is 33.8 Å². The molecule has 0 spiro atoms. The molecule has 0 aromatic heterocycles. The standard InChI is InChI=1S/C15H21Cl2NO/c16-14-6-5-12(15(17)7-14)9-18-8-11-3-1-2-4-13(11)10-19/h5-7,11,13,18-19H,1-4,8-10H2. The maximum Gasteiger partial charge on any atom is 0.0465 e. The number of benzene rings is 1. The van der Waals surface area contributed by atoms with E-state index in [1.54, 1.807) is 6.07 Å². The van der Waals surface area contributed by atoms with Gasteiger partial charge in [-0.1, -0.05) is 42.1 Å². The fourth-order valence-corrected chi connectivity index (χ4v) is 3.33. The van der Waals surface area contributed by atoms with Crippen LogP contribution in [0.25, 0.3) is 0 Å². The Morgan fingerprint density at radius 3 is 2.58 bits per heavy atom. The van der Waals surface area contributed by atoms with Gasteiger partial charge in [-0.15, -0.1) is 0 Å². The summed E-state index contributed by atoms with van der Waals surface area (Å²) in [4.78, 5) is 0. The van der Waals surface area contributed by atoms with Crippen molar-refractivity contribution in [2.75, 3.05) is 13.2 Å². The smallest absolute Gasteiger partial charge is 0.0465 e. The average Bonchev–Trinajstić information content (AvgIpc) is 2.42. The molecule has 1 saturated carbocycles. The monoisotopic (exact) mass is 301 g/mol. The molecule has 1 aliphatic rings. The summed E-state index contributed by atoms with van der Waals surface area (Å²) in [5, 5.41) is 14.2. The van der Waals surface area contributed by atoms with Gasteiger partial charge in [0.05, 0.1) is 0 Å². The minimum Gasteiger partial charge on any atom is -0.396 e. The zero-order valence-corrected chi connectivity index (χ0v) is 12.6. The van der Waals surface area contributed by atoms with E-state index in [4.69, 9.17) is 23.2 Å². The second-order valence-electron chi connectivity index (χ2n) is 5.35. The van der Waals surface area contributed by atoms with Crippen LogP contribution in [0.15, 0.2) is 18.2 Å². The molecule has 0 aliphatic heterocycles. The van der Waals surface area contributed by atoms with Gasteiger partial charge in [-0.05, 0) is 48.9 Å². The lowest BCUT2D eigenvalue weighted by molar-refractivity contribution is 0.133. The molecule has 1 aromatic carbocycles. The van der Waals surface area contributed by atoms with Gasteiger partial charge in [-0.2, -0.15) is 0 Å². The van der Waals surface area contributed by atoms with Crippen molar-refractivity contribution in [1.82, 2.24) is 5.32 Å². The SMILES string of the molecule is OCC1CCCCC1CNCc1ccc(Cl)cc1Cl. The summed E-state index contributed by atoms with van der Waals surface area (Å²) >= 11 is 12.0. The van der Waals surface area contributed by atoms with Gasteiger partial charge in [-0.3, -0.25) is 0 Å². The van der Waals surface area contributed by atoms with E-state index >= 15 is 0 Å². The molecule has 2 rings (SSSR count). The summed E-state index contributed by atoms with van der Waals surface area (Å²) in [5.41, 5.74) is 1.07. The van der Waals surface area contributed by atoms with Gasteiger partial charge >= 0.3 is 0 Å². The van der Waals surface area contributed by atoms with Crippen molar-refractivity contribution < 1.29 is 5.11 Å². The Hall–Kier alpha value is -0.280. The number of halogens is 2. The van der Waals surface area contributed by atoms with E-state index in [1.807, 2.05) is 12.1 Å². The summed E-state index contributed by atoms with van der Waals surface area (Å²) in [6, 6.07) is 5.60. The largest absolute Gasteiger partial charge is 0.396 e. The quantitative estimate of drug-likeness (QED) is 0.865. The first-order valence-electron chi connectivity index (χ1n) is 6.96. The molecule has 0 heterocycles. The fraction of sp³-hybridized carbons (Fsp3) is 0.600. The normalized spacial score (nSPS) is 23.5. The molecule has 0 radical (unpaired) electrons. The Kier molecular flexibility index (Phi) is 5.96. The molecule has 19 heavy (non-hydrogen) atoms. The van der Waals surface area contributed by atoms with Gasteiger partial charge in [0.15, 0.2) is 0 Å². The van der Waals surface area contributed by atoms with Crippen molar-refractivity contribution in [1.29, 1.82) is 0 Å². The maximum atomic E-state index is 9.39. The highest BCUT2D eigenvalue weighted by Crippen LogP contribution is 2.29. The van der Waals surface area contributed by atoms with Gasteiger partial charge in [0.1, 0.15) is 0 Å². The predicted molar refractivity (Wildman–Crippen MR) is 80.7 cm³/mol. The molecule has 0 saturated heterocycles. The van der Waals surface area contributed by atoms with Crippen LogP contribution in [0, 0.1) is 11.8 Å². The van der Waals surface area contributed by atoms with Crippen molar-refractivity contribution in [2.45, 2.75) is 32.2 Å². The third kappa shape index (κ3) is 4.35. The Bertz CT molecular complexity index is 411. The van der Waals surface area contributed by atoms with E-state index in [2.05, 4.69) is 5.32 Å². The topological polar surface area (TPSA) is 32.3 Å². The first-order chi connectivity index (χ1) is 9.20. The van der Waals surface area contributed by atoms with Crippen molar-refractivity contribution in [3.63, 3.8) is 0 Å². The molecular weight excluding hydrogens is 281 g/mol. The first-order valence-corrected chi connectivity index (χ1v) is 7.72. The summed E-state index contributed by atoms with van der Waals surface area (Å²) in [6.45, 7) is 2.02. The highest BCUT2D eigenvalue weighted by atomic mass is 35.5. The summed E-state index contributed by atoms with van der Waals surface area (Å²) in [6.07, 6.45) is 4.91. The second kappa shape index (κ2) is 7.49. The zero-order valence-electron chi connectivity index (χ0n) is 11.0. The van der Waals surface area contributed by atoms with Crippen LogP contribution in [0.1, 0.15) is 31.2 Å². The van der Waals surface area contributed by atoms with Crippen LogP contribution < -0.4 is 5.32 Å². The van der Waals surface area contributed by atoms with Crippen LogP contribution in [-0.4, -0.2) is 18.3 Å². The Morgan fingerprint density at radius 2 is 1.89 bits per heavy atom. The number of aliphatic hydroxyl groups excluding tert-OH is 1. The van der Waals surface area contributed by atoms with Crippen LogP contribution in [0.2, 0.25) is 10.0 Å². The first kappa shape index (κ1) is 15.1. The molecule has 4 heteroatoms. The van der Waals surface area contributed by atoms with Gasteiger partial charge in [-0.25, -0.2) is 0 Å². The molecule has 106 valence electrons. The van der Waals surface area contributed by atoms with E-state index in [0.717, 1.165) is 25.1 Å². The summed E-state index contributed by atoms with van der Waals surface area (Å²) < 4.78 is 0. The molecule has 2 nitrogen and oxygen atoms in total. The molecule has 0 amide bonds. The van der Waals surface area contributed by atoms with Crippen LogP contribution in [0.3, 0.4) is 0 Å². The molecule has 0 bridgehead atoms. The highest BCUT2D eigenvalue weighted by molar-refractivity contribution is 6.35. The lowest BCUT2D eigenvalue weighted by Gasteiger charge is -2.30. The number of rotatable bonds is 5. The predicted octanol–water partition coefficient (Wildman–Crippen LogP) is 3.88. The fourth-order valence-electron chi connectivity index (χ4n) is 2.85. The second-order valence-corrected chi connectivity index (χ2v) is 6.20. The lowest BCUT2D eigenvalue weighted by atomic mass is 9.79. The van der Waals surface area contributed by atoms with E-state index in [1.165, 1.54) is 19.3 Å². The summed E-state index contributed by atoms with van der Waals surface area (Å²) in [5.74, 6) is 1.05. The molecular formula is C15H21Cl2NO.